The molecule has 0 heterocycles. The monoisotopic (exact) mass is 236 g/mol. The fourth-order valence-corrected chi connectivity index (χ4v) is 1.33. The van der Waals surface area contributed by atoms with Gasteiger partial charge in [0.2, 0.25) is 0 Å². The summed E-state index contributed by atoms with van der Waals surface area (Å²) < 4.78 is 0. The van der Waals surface area contributed by atoms with E-state index in [1.807, 2.05) is 0 Å². The first-order chi connectivity index (χ1) is 6.68. The number of hydrogen-bond acceptors (Lipinski definition) is 2. The Balaban J connectivity index is 0. The van der Waals surface area contributed by atoms with Crippen LogP contribution in [0.25, 0.3) is 0 Å². The van der Waals surface area contributed by atoms with E-state index in [1.54, 1.807) is 13.0 Å². The summed E-state index contributed by atoms with van der Waals surface area (Å²) in [6.07, 6.45) is 10.1. The Morgan fingerprint density at radius 3 is 2.20 bits per heavy atom. The first-order valence-electron chi connectivity index (χ1n) is 5.56. The Labute approximate surface area is 136 Å². The van der Waals surface area contributed by atoms with Gasteiger partial charge in [0.05, 0.1) is 5.97 Å². The van der Waals surface area contributed by atoms with Gasteiger partial charge in [-0.05, 0) is 25.3 Å². The van der Waals surface area contributed by atoms with E-state index in [1.165, 1.54) is 32.1 Å². The van der Waals surface area contributed by atoms with Crippen LogP contribution in [0.2, 0.25) is 0 Å². The van der Waals surface area contributed by atoms with Gasteiger partial charge in [-0.1, -0.05) is 45.1 Å². The van der Waals surface area contributed by atoms with E-state index < -0.39 is 5.97 Å². The van der Waals surface area contributed by atoms with Crippen molar-refractivity contribution in [3.8, 4) is 0 Å². The molecule has 0 amide bonds. The maximum absolute atomic E-state index is 10.3. The summed E-state index contributed by atoms with van der Waals surface area (Å²) in [6.45, 7) is 3.79. The standard InChI is InChI=1S/C12H22O2.K/c1-3-4-5-6-7-8-9-10-11(2)12(13)14;/h10H,3-9H2,1-2H3,(H,13,14);/q;+1/p-1. The molecule has 0 aromatic rings. The van der Waals surface area contributed by atoms with Gasteiger partial charge >= 0.3 is 51.4 Å². The summed E-state index contributed by atoms with van der Waals surface area (Å²) in [5, 5.41) is 10.3. The van der Waals surface area contributed by atoms with Gasteiger partial charge in [-0.3, -0.25) is 0 Å². The Hall–Kier alpha value is 0.846. The third kappa shape index (κ3) is 12.8. The molecule has 2 nitrogen and oxygen atoms in total. The van der Waals surface area contributed by atoms with Crippen LogP contribution in [0.15, 0.2) is 11.6 Å². The maximum Gasteiger partial charge on any atom is 1.00 e. The number of unbranched alkanes of at least 4 members (excludes halogenated alkanes) is 6. The van der Waals surface area contributed by atoms with Crippen LogP contribution in [0, 0.1) is 0 Å². The van der Waals surface area contributed by atoms with Gasteiger partial charge in [-0.15, -0.1) is 0 Å². The zero-order chi connectivity index (χ0) is 10.8. The number of allylic oxidation sites excluding steroid dienone is 1. The average molecular weight is 236 g/mol. The maximum atomic E-state index is 10.3. The Bertz CT molecular complexity index is 188. The molecule has 0 aliphatic rings. The molecule has 0 unspecified atom stereocenters. The van der Waals surface area contributed by atoms with E-state index in [9.17, 15) is 9.90 Å². The molecule has 0 saturated carbocycles. The fraction of sp³-hybridized carbons (Fsp3) is 0.750. The van der Waals surface area contributed by atoms with Crippen LogP contribution in [-0.2, 0) is 4.79 Å². The minimum atomic E-state index is -1.05. The van der Waals surface area contributed by atoms with Gasteiger partial charge in [0.15, 0.2) is 0 Å². The third-order valence-electron chi connectivity index (χ3n) is 2.33. The summed E-state index contributed by atoms with van der Waals surface area (Å²) in [5.74, 6) is -1.05. The quantitative estimate of drug-likeness (QED) is 0.322. The normalized spacial score (nSPS) is 10.9. The van der Waals surface area contributed by atoms with Gasteiger partial charge < -0.3 is 9.90 Å². The number of hydrogen-bond donors (Lipinski definition) is 0. The number of carboxylic acids is 1. The van der Waals surface area contributed by atoms with E-state index in [0.717, 1.165) is 12.8 Å². The first-order valence-corrected chi connectivity index (χ1v) is 5.56. The van der Waals surface area contributed by atoms with Gasteiger partial charge in [0.25, 0.3) is 0 Å². The number of carbonyl (C=O) groups excluding carboxylic acids is 1. The summed E-state index contributed by atoms with van der Waals surface area (Å²) in [5.41, 5.74) is 0.360. The largest absolute Gasteiger partial charge is 1.00 e. The molecule has 0 spiro atoms. The molecule has 0 saturated heterocycles. The van der Waals surface area contributed by atoms with Crippen LogP contribution in [0.3, 0.4) is 0 Å². The van der Waals surface area contributed by atoms with Crippen LogP contribution in [-0.4, -0.2) is 5.97 Å². The van der Waals surface area contributed by atoms with Crippen molar-refractivity contribution in [3.63, 3.8) is 0 Å². The molecule has 0 rings (SSSR count). The van der Waals surface area contributed by atoms with E-state index in [4.69, 9.17) is 0 Å². The number of carbonyl (C=O) groups is 1. The molecular weight excluding hydrogens is 215 g/mol. The van der Waals surface area contributed by atoms with Gasteiger partial charge in [-0.25, -0.2) is 0 Å². The minimum absolute atomic E-state index is 0. The first kappa shape index (κ1) is 18.2. The van der Waals surface area contributed by atoms with E-state index in [2.05, 4.69) is 6.92 Å². The zero-order valence-electron chi connectivity index (χ0n) is 10.3. The average Bonchev–Trinajstić information content (AvgIpc) is 2.16. The van der Waals surface area contributed by atoms with Crippen LogP contribution in [0.1, 0.15) is 58.8 Å². The molecular formula is C12H21KO2. The molecule has 82 valence electrons. The van der Waals surface area contributed by atoms with Crippen molar-refractivity contribution >= 4 is 5.97 Å². The number of rotatable bonds is 8. The van der Waals surface area contributed by atoms with Gasteiger partial charge in [0, 0.05) is 0 Å². The molecule has 3 heteroatoms. The van der Waals surface area contributed by atoms with Crippen LogP contribution < -0.4 is 56.5 Å². The van der Waals surface area contributed by atoms with E-state index in [0.29, 0.717) is 5.57 Å². The summed E-state index contributed by atoms with van der Waals surface area (Å²) in [6, 6.07) is 0. The predicted octanol–water partition coefficient (Wildman–Crippen LogP) is -0.563. The van der Waals surface area contributed by atoms with Crippen LogP contribution in [0.5, 0.6) is 0 Å². The molecule has 0 aliphatic carbocycles. The Morgan fingerprint density at radius 1 is 1.13 bits per heavy atom. The molecule has 15 heavy (non-hydrogen) atoms. The molecule has 0 fully saturated rings. The second-order valence-electron chi connectivity index (χ2n) is 3.73. The van der Waals surface area contributed by atoms with Crippen molar-refractivity contribution in [1.29, 1.82) is 0 Å². The molecule has 0 bridgehead atoms. The Morgan fingerprint density at radius 2 is 1.67 bits per heavy atom. The van der Waals surface area contributed by atoms with Gasteiger partial charge in [-0.2, -0.15) is 0 Å². The van der Waals surface area contributed by atoms with Crippen molar-refractivity contribution in [2.24, 2.45) is 0 Å². The van der Waals surface area contributed by atoms with Crippen molar-refractivity contribution in [1.82, 2.24) is 0 Å². The molecule has 0 radical (unpaired) electrons. The third-order valence-corrected chi connectivity index (χ3v) is 2.33. The summed E-state index contributed by atoms with van der Waals surface area (Å²) in [7, 11) is 0. The smallest absolute Gasteiger partial charge is 0.545 e. The van der Waals surface area contributed by atoms with Crippen molar-refractivity contribution in [2.45, 2.75) is 58.8 Å². The molecule has 0 aliphatic heterocycles. The van der Waals surface area contributed by atoms with Crippen molar-refractivity contribution in [3.05, 3.63) is 11.6 Å². The molecule has 0 N–H and O–H groups in total. The summed E-state index contributed by atoms with van der Waals surface area (Å²) >= 11 is 0. The van der Waals surface area contributed by atoms with Gasteiger partial charge in [0.1, 0.15) is 0 Å². The molecule has 0 atom stereocenters. The SMILES string of the molecule is CCCCCCCCC=C(C)C(=O)[O-].[K+]. The molecule has 0 aromatic carbocycles. The molecule has 0 aromatic heterocycles. The van der Waals surface area contributed by atoms with E-state index >= 15 is 0 Å². The topological polar surface area (TPSA) is 40.1 Å². The minimum Gasteiger partial charge on any atom is -0.545 e. The Kier molecular flexibility index (Phi) is 15.7. The van der Waals surface area contributed by atoms with Crippen LogP contribution >= 0.6 is 0 Å². The zero-order valence-corrected chi connectivity index (χ0v) is 13.5. The fourth-order valence-electron chi connectivity index (χ4n) is 1.33. The second-order valence-corrected chi connectivity index (χ2v) is 3.73. The number of aliphatic carboxylic acids is 1. The van der Waals surface area contributed by atoms with Crippen molar-refractivity contribution in [2.75, 3.05) is 0 Å². The van der Waals surface area contributed by atoms with Crippen molar-refractivity contribution < 1.29 is 61.3 Å². The predicted molar refractivity (Wildman–Crippen MR) is 56.8 cm³/mol. The van der Waals surface area contributed by atoms with Crippen LogP contribution in [0.4, 0.5) is 0 Å². The second kappa shape index (κ2) is 12.9. The summed E-state index contributed by atoms with van der Waals surface area (Å²) in [4.78, 5) is 10.3. The number of carboxylic acid groups (broad SMARTS) is 1. The van der Waals surface area contributed by atoms with E-state index in [-0.39, 0.29) is 51.4 Å².